The van der Waals surface area contributed by atoms with Gasteiger partial charge in [0.2, 0.25) is 0 Å². The molecule has 0 saturated carbocycles. The minimum Gasteiger partial charge on any atom is -0.459 e. The van der Waals surface area contributed by atoms with Gasteiger partial charge in [-0.25, -0.2) is 4.79 Å². The molecule has 1 amide bonds. The summed E-state index contributed by atoms with van der Waals surface area (Å²) in [5.41, 5.74) is 6.23. The predicted octanol–water partition coefficient (Wildman–Crippen LogP) is 2.55. The van der Waals surface area contributed by atoms with Crippen LogP contribution in [-0.2, 0) is 9.63 Å². The van der Waals surface area contributed by atoms with Gasteiger partial charge >= 0.3 is 5.97 Å². The Morgan fingerprint density at radius 1 is 1.24 bits per heavy atom. The van der Waals surface area contributed by atoms with Gasteiger partial charge in [0.15, 0.2) is 11.6 Å². The van der Waals surface area contributed by atoms with Crippen molar-refractivity contribution in [1.82, 2.24) is 5.32 Å². The predicted molar refractivity (Wildman–Crippen MR) is 93.1 cm³/mol. The summed E-state index contributed by atoms with van der Waals surface area (Å²) in [6, 6.07) is 8.91. The average molecular weight is 364 g/mol. The zero-order valence-electron chi connectivity index (χ0n) is 13.7. The molecule has 1 unspecified atom stereocenters. The van der Waals surface area contributed by atoms with E-state index < -0.39 is 17.9 Å². The van der Waals surface area contributed by atoms with Crippen LogP contribution in [0.4, 0.5) is 0 Å². The molecule has 2 aromatic rings. The van der Waals surface area contributed by atoms with Gasteiger partial charge in [0.25, 0.3) is 5.91 Å². The van der Waals surface area contributed by atoms with Crippen LogP contribution in [0.15, 0.2) is 52.2 Å². The zero-order valence-corrected chi connectivity index (χ0v) is 14.5. The molecule has 0 bridgehead atoms. The van der Waals surface area contributed by atoms with E-state index >= 15 is 0 Å². The Labute approximate surface area is 149 Å². The van der Waals surface area contributed by atoms with Crippen LogP contribution >= 0.6 is 11.6 Å². The summed E-state index contributed by atoms with van der Waals surface area (Å²) in [7, 11) is 0. The van der Waals surface area contributed by atoms with Crippen LogP contribution in [0.5, 0.6) is 0 Å². The number of rotatable bonds is 6. The number of hydrogen-bond donors (Lipinski definition) is 2. The quantitative estimate of drug-likeness (QED) is 0.355. The van der Waals surface area contributed by atoms with Crippen LogP contribution in [0.1, 0.15) is 30.0 Å². The number of amides is 1. The molecule has 0 aliphatic rings. The van der Waals surface area contributed by atoms with E-state index in [9.17, 15) is 9.59 Å². The first-order valence-corrected chi connectivity index (χ1v) is 7.91. The van der Waals surface area contributed by atoms with Crippen LogP contribution in [0.25, 0.3) is 0 Å². The SMILES string of the molecule is CC(C)C(NC(=O)c1ccco1)C(=O)ON=C(N)c1ccccc1Cl. The first-order valence-electron chi connectivity index (χ1n) is 7.53. The van der Waals surface area contributed by atoms with Gasteiger partial charge in [0.1, 0.15) is 6.04 Å². The molecule has 0 radical (unpaired) electrons. The second-order valence-corrected chi connectivity index (χ2v) is 5.95. The lowest BCUT2D eigenvalue weighted by molar-refractivity contribution is -0.147. The van der Waals surface area contributed by atoms with E-state index in [0.717, 1.165) is 0 Å². The normalized spacial score (nSPS) is 12.7. The van der Waals surface area contributed by atoms with E-state index in [1.165, 1.54) is 12.3 Å². The van der Waals surface area contributed by atoms with E-state index in [0.29, 0.717) is 10.6 Å². The van der Waals surface area contributed by atoms with Gasteiger partial charge < -0.3 is 20.3 Å². The Morgan fingerprint density at radius 3 is 2.56 bits per heavy atom. The van der Waals surface area contributed by atoms with Crippen LogP contribution in [0, 0.1) is 5.92 Å². The topological polar surface area (TPSA) is 107 Å². The van der Waals surface area contributed by atoms with E-state index in [-0.39, 0.29) is 17.5 Å². The lowest BCUT2D eigenvalue weighted by Gasteiger charge is -2.18. The summed E-state index contributed by atoms with van der Waals surface area (Å²) in [6.45, 7) is 3.52. The van der Waals surface area contributed by atoms with Crippen LogP contribution < -0.4 is 11.1 Å². The maximum Gasteiger partial charge on any atom is 0.357 e. The van der Waals surface area contributed by atoms with Crippen molar-refractivity contribution in [3.05, 3.63) is 59.0 Å². The second-order valence-electron chi connectivity index (χ2n) is 5.54. The van der Waals surface area contributed by atoms with Crippen molar-refractivity contribution in [2.45, 2.75) is 19.9 Å². The number of amidine groups is 1. The molecule has 0 spiro atoms. The molecular formula is C17H18ClN3O4. The van der Waals surface area contributed by atoms with Crippen molar-refractivity contribution in [1.29, 1.82) is 0 Å². The van der Waals surface area contributed by atoms with Gasteiger partial charge in [-0.3, -0.25) is 4.79 Å². The molecule has 1 aromatic heterocycles. The molecule has 3 N–H and O–H groups in total. The van der Waals surface area contributed by atoms with Crippen LogP contribution in [-0.4, -0.2) is 23.8 Å². The number of carbonyl (C=O) groups excluding carboxylic acids is 2. The van der Waals surface area contributed by atoms with E-state index in [1.54, 1.807) is 44.2 Å². The molecule has 25 heavy (non-hydrogen) atoms. The number of nitrogens with two attached hydrogens (primary N) is 1. The second kappa shape index (κ2) is 8.34. The summed E-state index contributed by atoms with van der Waals surface area (Å²) in [5.74, 6) is -1.45. The summed E-state index contributed by atoms with van der Waals surface area (Å²) in [5, 5.41) is 6.55. The number of benzene rings is 1. The largest absolute Gasteiger partial charge is 0.459 e. The Hall–Kier alpha value is -2.80. The van der Waals surface area contributed by atoms with Gasteiger partial charge in [-0.15, -0.1) is 0 Å². The summed E-state index contributed by atoms with van der Waals surface area (Å²) in [4.78, 5) is 29.2. The Bertz CT molecular complexity index is 772. The van der Waals surface area contributed by atoms with Crippen molar-refractivity contribution < 1.29 is 18.8 Å². The monoisotopic (exact) mass is 363 g/mol. The number of hydrogen-bond acceptors (Lipinski definition) is 5. The number of carbonyl (C=O) groups is 2. The number of halogens is 1. The van der Waals surface area contributed by atoms with Crippen molar-refractivity contribution in [3.63, 3.8) is 0 Å². The van der Waals surface area contributed by atoms with E-state index in [1.807, 2.05) is 0 Å². The first-order chi connectivity index (χ1) is 11.9. The highest BCUT2D eigenvalue weighted by Crippen LogP contribution is 2.14. The molecule has 1 aromatic carbocycles. The van der Waals surface area contributed by atoms with Gasteiger partial charge in [-0.2, -0.15) is 0 Å². The lowest BCUT2D eigenvalue weighted by atomic mass is 10.0. The maximum atomic E-state index is 12.2. The molecular weight excluding hydrogens is 346 g/mol. The minimum atomic E-state index is -0.916. The molecule has 7 nitrogen and oxygen atoms in total. The number of oxime groups is 1. The summed E-state index contributed by atoms with van der Waals surface area (Å²) >= 11 is 6.00. The molecule has 1 atom stereocenters. The van der Waals surface area contributed by atoms with Gasteiger partial charge in [0, 0.05) is 5.56 Å². The molecule has 8 heteroatoms. The maximum absolute atomic E-state index is 12.2. The van der Waals surface area contributed by atoms with Gasteiger partial charge in [0.05, 0.1) is 11.3 Å². The van der Waals surface area contributed by atoms with Crippen LogP contribution in [0.3, 0.4) is 0 Å². The van der Waals surface area contributed by atoms with Crippen molar-refractivity contribution in [3.8, 4) is 0 Å². The third-order valence-electron chi connectivity index (χ3n) is 3.34. The van der Waals surface area contributed by atoms with Crippen molar-refractivity contribution in [2.24, 2.45) is 16.8 Å². The molecule has 1 heterocycles. The summed E-state index contributed by atoms with van der Waals surface area (Å²) < 4.78 is 5.00. The Balaban J connectivity index is 2.06. The van der Waals surface area contributed by atoms with Crippen LogP contribution in [0.2, 0.25) is 5.02 Å². The fourth-order valence-electron chi connectivity index (χ4n) is 1.99. The third-order valence-corrected chi connectivity index (χ3v) is 3.67. The van der Waals surface area contributed by atoms with Crippen molar-refractivity contribution in [2.75, 3.05) is 0 Å². The van der Waals surface area contributed by atoms with Gasteiger partial charge in [-0.05, 0) is 30.2 Å². The minimum absolute atomic E-state index is 0.0428. The van der Waals surface area contributed by atoms with E-state index in [2.05, 4.69) is 10.5 Å². The molecule has 0 fully saturated rings. The standard InChI is InChI=1S/C17H18ClN3O4/c1-10(2)14(20-16(22)13-8-5-9-24-13)17(23)25-21-15(19)11-6-3-4-7-12(11)18/h3-10,14H,1-2H3,(H2,19,21)(H,20,22). The summed E-state index contributed by atoms with van der Waals surface area (Å²) in [6.07, 6.45) is 1.37. The molecule has 2 rings (SSSR count). The fourth-order valence-corrected chi connectivity index (χ4v) is 2.22. The fraction of sp³-hybridized carbons (Fsp3) is 0.235. The highest BCUT2D eigenvalue weighted by Gasteiger charge is 2.27. The van der Waals surface area contributed by atoms with Gasteiger partial charge in [-0.1, -0.05) is 42.7 Å². The first kappa shape index (κ1) is 18.5. The van der Waals surface area contributed by atoms with E-state index in [4.69, 9.17) is 26.6 Å². The Morgan fingerprint density at radius 2 is 1.96 bits per heavy atom. The zero-order chi connectivity index (χ0) is 18.4. The average Bonchev–Trinajstić information content (AvgIpc) is 3.12. The highest BCUT2D eigenvalue weighted by molar-refractivity contribution is 6.34. The smallest absolute Gasteiger partial charge is 0.357 e. The highest BCUT2D eigenvalue weighted by atomic mass is 35.5. The Kier molecular flexibility index (Phi) is 6.19. The number of furan rings is 1. The number of nitrogens with one attached hydrogen (secondary N) is 1. The molecule has 0 saturated heterocycles. The lowest BCUT2D eigenvalue weighted by Crippen LogP contribution is -2.45. The number of nitrogens with zero attached hydrogens (tertiary/aromatic N) is 1. The molecule has 0 aliphatic heterocycles. The molecule has 132 valence electrons. The third kappa shape index (κ3) is 4.84. The molecule has 0 aliphatic carbocycles. The van der Waals surface area contributed by atoms with Crippen molar-refractivity contribution >= 4 is 29.3 Å².